The number of phenols is 1. The number of carbonyl (C=O) groups excluding carboxylic acids is 4. The van der Waals surface area contributed by atoms with Gasteiger partial charge in [-0.25, -0.2) is 4.79 Å². The number of ether oxygens (including phenoxy) is 2. The van der Waals surface area contributed by atoms with E-state index >= 15 is 0 Å². The van der Waals surface area contributed by atoms with Crippen LogP contribution in [0.15, 0.2) is 54.6 Å². The summed E-state index contributed by atoms with van der Waals surface area (Å²) in [5.41, 5.74) is 0.233. The molecule has 2 aromatic carbocycles. The van der Waals surface area contributed by atoms with Crippen molar-refractivity contribution >= 4 is 23.9 Å². The number of esters is 1. The van der Waals surface area contributed by atoms with Gasteiger partial charge in [0, 0.05) is 19.0 Å². The Balaban J connectivity index is 2.39. The van der Waals surface area contributed by atoms with Crippen LogP contribution in [0.4, 0.5) is 4.79 Å². The van der Waals surface area contributed by atoms with Crippen molar-refractivity contribution in [1.29, 1.82) is 0 Å². The molecular weight excluding hydrogens is 502 g/mol. The number of benzene rings is 2. The Morgan fingerprint density at radius 2 is 1.69 bits per heavy atom. The molecule has 0 aliphatic heterocycles. The van der Waals surface area contributed by atoms with E-state index in [1.807, 2.05) is 6.07 Å². The summed E-state index contributed by atoms with van der Waals surface area (Å²) in [5, 5.41) is 14.9. The van der Waals surface area contributed by atoms with Crippen molar-refractivity contribution in [3.63, 3.8) is 0 Å². The Morgan fingerprint density at radius 3 is 2.26 bits per heavy atom. The molecule has 39 heavy (non-hydrogen) atoms. The van der Waals surface area contributed by atoms with E-state index < -0.39 is 41.6 Å². The lowest BCUT2D eigenvalue weighted by Gasteiger charge is -2.30. The Morgan fingerprint density at radius 1 is 1.05 bits per heavy atom. The molecule has 2 unspecified atom stereocenters. The molecule has 0 radical (unpaired) electrons. The number of nitrogens with zero attached hydrogens (tertiary/aromatic N) is 1. The maximum atomic E-state index is 13.8. The lowest BCUT2D eigenvalue weighted by atomic mass is 10.0. The first kappa shape index (κ1) is 30.7. The normalized spacial score (nSPS) is 12.3. The zero-order valence-corrected chi connectivity index (χ0v) is 22.6. The number of terminal acetylenes is 1. The van der Waals surface area contributed by atoms with Gasteiger partial charge >= 0.3 is 12.1 Å². The van der Waals surface area contributed by atoms with Gasteiger partial charge in [-0.15, -0.1) is 0 Å². The van der Waals surface area contributed by atoms with Crippen LogP contribution in [0.3, 0.4) is 0 Å². The summed E-state index contributed by atoms with van der Waals surface area (Å²) in [6, 6.07) is 14.4. The molecule has 2 aromatic rings. The summed E-state index contributed by atoms with van der Waals surface area (Å²) in [4.78, 5) is 52.4. The molecule has 208 valence electrons. The molecule has 0 aromatic heterocycles. The summed E-state index contributed by atoms with van der Waals surface area (Å²) in [6.07, 6.45) is 4.93. The van der Waals surface area contributed by atoms with Gasteiger partial charge in [0.2, 0.25) is 5.91 Å². The third kappa shape index (κ3) is 10.0. The number of alkyl carbamates (subject to hydrolysis) is 1. The molecule has 2 rings (SSSR count). The summed E-state index contributed by atoms with van der Waals surface area (Å²) in [7, 11) is 0. The van der Waals surface area contributed by atoms with Crippen molar-refractivity contribution in [2.75, 3.05) is 13.2 Å². The van der Waals surface area contributed by atoms with Crippen molar-refractivity contribution in [1.82, 2.24) is 15.5 Å². The summed E-state index contributed by atoms with van der Waals surface area (Å²) in [5.74, 6) is -1.93. The second-order valence-electron chi connectivity index (χ2n) is 9.57. The highest BCUT2D eigenvalue weighted by Crippen LogP contribution is 2.24. The fourth-order valence-electron chi connectivity index (χ4n) is 3.62. The number of amides is 3. The van der Waals surface area contributed by atoms with Gasteiger partial charge in [-0.05, 0) is 51.0 Å². The van der Waals surface area contributed by atoms with Gasteiger partial charge in [0.1, 0.15) is 23.4 Å². The van der Waals surface area contributed by atoms with E-state index in [2.05, 4.69) is 16.7 Å². The van der Waals surface area contributed by atoms with Crippen molar-refractivity contribution in [3.05, 3.63) is 65.7 Å². The highest BCUT2D eigenvalue weighted by atomic mass is 16.6. The minimum atomic E-state index is -1.33. The van der Waals surface area contributed by atoms with E-state index in [9.17, 15) is 24.3 Å². The Hall–Kier alpha value is -4.52. The number of phenolic OH excluding ortho intramolecular Hbond substituents is 1. The summed E-state index contributed by atoms with van der Waals surface area (Å²) in [6.45, 7) is 6.89. The molecule has 0 aliphatic rings. The van der Waals surface area contributed by atoms with Crippen molar-refractivity contribution in [3.8, 4) is 18.2 Å². The van der Waals surface area contributed by atoms with Crippen molar-refractivity contribution in [2.24, 2.45) is 0 Å². The number of nitrogens with one attached hydrogen (secondary N) is 2. The van der Waals surface area contributed by atoms with Gasteiger partial charge in [0.15, 0.2) is 0 Å². The van der Waals surface area contributed by atoms with E-state index in [-0.39, 0.29) is 31.7 Å². The van der Waals surface area contributed by atoms with Crippen LogP contribution in [0.25, 0.3) is 0 Å². The molecular formula is C29H35N3O7. The van der Waals surface area contributed by atoms with E-state index in [0.717, 1.165) is 10.5 Å². The first-order chi connectivity index (χ1) is 18.4. The van der Waals surface area contributed by atoms with Crippen molar-refractivity contribution in [2.45, 2.75) is 58.2 Å². The summed E-state index contributed by atoms with van der Waals surface area (Å²) < 4.78 is 10.2. The largest absolute Gasteiger partial charge is 0.508 e. The second kappa shape index (κ2) is 14.4. The van der Waals surface area contributed by atoms with Crippen LogP contribution in [0.5, 0.6) is 5.75 Å². The maximum Gasteiger partial charge on any atom is 0.408 e. The fraction of sp³-hybridized carbons (Fsp3) is 0.379. The molecule has 0 fully saturated rings. The molecule has 0 heterocycles. The standard InChI is InChI=1S/C29H35N3O7/c1-6-32(25(21-13-15-22(33)16-14-21)26(35)30-18-17-24(34)38-7-2)27(36)23(19-20-11-9-8-10-12-20)31-28(37)39-29(3,4)5/h1,8-16,23,25,33H,7,17-19H2,2-5H3,(H,30,35)(H,31,37). The molecule has 3 N–H and O–H groups in total. The molecule has 0 saturated carbocycles. The third-order valence-electron chi connectivity index (χ3n) is 5.30. The third-order valence-corrected chi connectivity index (χ3v) is 5.30. The Labute approximate surface area is 228 Å². The quantitative estimate of drug-likeness (QED) is 0.228. The first-order valence-electron chi connectivity index (χ1n) is 12.5. The van der Waals surface area contributed by atoms with Crippen molar-refractivity contribution < 1.29 is 33.8 Å². The molecule has 0 aliphatic carbocycles. The zero-order chi connectivity index (χ0) is 29.0. The Kier molecular flexibility index (Phi) is 11.4. The Bertz CT molecular complexity index is 1170. The SMILES string of the molecule is C#CN(C(=O)C(Cc1ccccc1)NC(=O)OC(C)(C)C)C(C(=O)NCCC(=O)OCC)c1ccc(O)cc1. The number of carbonyl (C=O) groups is 4. The smallest absolute Gasteiger partial charge is 0.408 e. The molecule has 2 atom stereocenters. The predicted octanol–water partition coefficient (Wildman–Crippen LogP) is 3.06. The van der Waals surface area contributed by atoms with Crippen LogP contribution in [0.2, 0.25) is 0 Å². The maximum absolute atomic E-state index is 13.8. The fourth-order valence-corrected chi connectivity index (χ4v) is 3.62. The van der Waals surface area contributed by atoms with E-state index in [4.69, 9.17) is 15.9 Å². The topological polar surface area (TPSA) is 134 Å². The van der Waals surface area contributed by atoms with E-state index in [1.165, 1.54) is 24.3 Å². The monoisotopic (exact) mass is 537 g/mol. The molecule has 3 amide bonds. The molecule has 10 nitrogen and oxygen atoms in total. The lowest BCUT2D eigenvalue weighted by Crippen LogP contribution is -2.52. The van der Waals surface area contributed by atoms with Gasteiger partial charge in [-0.1, -0.05) is 48.9 Å². The predicted molar refractivity (Wildman–Crippen MR) is 144 cm³/mol. The van der Waals surface area contributed by atoms with Gasteiger partial charge in [0.25, 0.3) is 5.91 Å². The second-order valence-corrected chi connectivity index (χ2v) is 9.57. The van der Waals surface area contributed by atoms with Gasteiger partial charge in [-0.2, -0.15) is 0 Å². The molecule has 0 bridgehead atoms. The molecule has 0 saturated heterocycles. The average Bonchev–Trinajstić information content (AvgIpc) is 2.87. The molecule has 0 spiro atoms. The highest BCUT2D eigenvalue weighted by molar-refractivity contribution is 5.93. The number of aromatic hydroxyl groups is 1. The highest BCUT2D eigenvalue weighted by Gasteiger charge is 2.36. The number of rotatable bonds is 11. The van der Waals surface area contributed by atoms with Crippen LogP contribution >= 0.6 is 0 Å². The minimum Gasteiger partial charge on any atom is -0.508 e. The summed E-state index contributed by atoms with van der Waals surface area (Å²) >= 11 is 0. The average molecular weight is 538 g/mol. The minimum absolute atomic E-state index is 0.0488. The van der Waals surface area contributed by atoms with E-state index in [1.54, 1.807) is 52.0 Å². The van der Waals surface area contributed by atoms with Crippen LogP contribution in [-0.2, 0) is 30.3 Å². The number of hydrogen-bond donors (Lipinski definition) is 3. The van der Waals surface area contributed by atoms with Crippen LogP contribution < -0.4 is 10.6 Å². The zero-order valence-electron chi connectivity index (χ0n) is 22.6. The van der Waals surface area contributed by atoms with Gasteiger partial charge < -0.3 is 25.2 Å². The van der Waals surface area contributed by atoms with Crippen LogP contribution in [0.1, 0.15) is 51.3 Å². The van der Waals surface area contributed by atoms with Gasteiger partial charge in [0.05, 0.1) is 13.0 Å². The lowest BCUT2D eigenvalue weighted by molar-refractivity contribution is -0.143. The van der Waals surface area contributed by atoms with E-state index in [0.29, 0.717) is 5.56 Å². The van der Waals surface area contributed by atoms with Crippen LogP contribution in [0, 0.1) is 12.5 Å². The van der Waals surface area contributed by atoms with Crippen LogP contribution in [-0.4, -0.2) is 58.7 Å². The molecule has 10 heteroatoms. The van der Waals surface area contributed by atoms with Gasteiger partial charge in [-0.3, -0.25) is 19.3 Å². The first-order valence-corrected chi connectivity index (χ1v) is 12.5. The number of hydrogen-bond acceptors (Lipinski definition) is 7.